The molecule has 130 valence electrons. The van der Waals surface area contributed by atoms with Crippen molar-refractivity contribution in [2.24, 2.45) is 0 Å². The van der Waals surface area contributed by atoms with Crippen LogP contribution in [0, 0.1) is 0 Å². The van der Waals surface area contributed by atoms with Crippen LogP contribution in [0.5, 0.6) is 0 Å². The van der Waals surface area contributed by atoms with Gasteiger partial charge in [0.2, 0.25) is 0 Å². The molecule has 1 aliphatic carbocycles. The van der Waals surface area contributed by atoms with E-state index in [0.717, 1.165) is 12.8 Å². The second-order valence-electron chi connectivity index (χ2n) is 6.32. The molecule has 1 saturated heterocycles. The first-order chi connectivity index (χ1) is 11.7. The topological polar surface area (TPSA) is 73.9 Å². The predicted molar refractivity (Wildman–Crippen MR) is 86.5 cm³/mol. The third-order valence-corrected chi connectivity index (χ3v) is 4.75. The molecule has 2 fully saturated rings. The van der Waals surface area contributed by atoms with Gasteiger partial charge in [-0.15, -0.1) is 0 Å². The lowest BCUT2D eigenvalue weighted by molar-refractivity contribution is -0.172. The number of benzene rings is 1. The van der Waals surface area contributed by atoms with Crippen LogP contribution < -0.4 is 5.32 Å². The van der Waals surface area contributed by atoms with Crippen molar-refractivity contribution < 1.29 is 23.8 Å². The lowest BCUT2D eigenvalue weighted by atomic mass is 9.64. The highest BCUT2D eigenvalue weighted by molar-refractivity contribution is 5.82. The van der Waals surface area contributed by atoms with E-state index < -0.39 is 12.1 Å². The molecule has 2 aliphatic rings. The summed E-state index contributed by atoms with van der Waals surface area (Å²) in [5.74, 6) is -0.839. The maximum atomic E-state index is 12.0. The fraction of sp³-hybridized carbons (Fsp3) is 0.556. The zero-order valence-electron chi connectivity index (χ0n) is 13.7. The Labute approximate surface area is 141 Å². The van der Waals surface area contributed by atoms with Crippen molar-refractivity contribution in [2.75, 3.05) is 33.0 Å². The zero-order chi connectivity index (χ0) is 16.8. The van der Waals surface area contributed by atoms with Crippen molar-refractivity contribution in [3.8, 4) is 0 Å². The van der Waals surface area contributed by atoms with Gasteiger partial charge in [0.25, 0.3) is 5.91 Å². The lowest BCUT2D eigenvalue weighted by Crippen LogP contribution is -2.46. The first-order valence-corrected chi connectivity index (χ1v) is 8.38. The molecule has 1 saturated carbocycles. The van der Waals surface area contributed by atoms with Crippen LogP contribution in [0.25, 0.3) is 0 Å². The van der Waals surface area contributed by atoms with E-state index >= 15 is 0 Å². The summed E-state index contributed by atoms with van der Waals surface area (Å²) in [5.41, 5.74) is 1.27. The fourth-order valence-corrected chi connectivity index (χ4v) is 3.14. The monoisotopic (exact) mass is 333 g/mol. The second-order valence-corrected chi connectivity index (χ2v) is 6.32. The summed E-state index contributed by atoms with van der Waals surface area (Å²) < 4.78 is 15.4. The van der Waals surface area contributed by atoms with Crippen LogP contribution in [-0.2, 0) is 29.2 Å². The van der Waals surface area contributed by atoms with Crippen molar-refractivity contribution in [1.82, 2.24) is 5.32 Å². The van der Waals surface area contributed by atoms with E-state index in [4.69, 9.17) is 14.2 Å². The minimum Gasteiger partial charge on any atom is -0.454 e. The molecule has 6 nitrogen and oxygen atoms in total. The molecule has 1 N–H and O–H groups in total. The molecule has 1 aromatic carbocycles. The van der Waals surface area contributed by atoms with Crippen LogP contribution in [0.1, 0.15) is 24.8 Å². The lowest BCUT2D eigenvalue weighted by Gasteiger charge is -2.42. The van der Waals surface area contributed by atoms with Crippen LogP contribution in [0.15, 0.2) is 30.3 Å². The summed E-state index contributed by atoms with van der Waals surface area (Å²) in [6, 6.07) is 10.2. The molecule has 0 bridgehead atoms. The number of carbonyl (C=O) groups excluding carboxylic acids is 2. The average Bonchev–Trinajstić information content (AvgIpc) is 2.60. The van der Waals surface area contributed by atoms with Gasteiger partial charge in [-0.05, 0) is 18.4 Å². The molecule has 0 spiro atoms. The number of ether oxygens (including phenoxy) is 3. The molecular weight excluding hydrogens is 310 g/mol. The summed E-state index contributed by atoms with van der Waals surface area (Å²) in [4.78, 5) is 23.8. The highest BCUT2D eigenvalue weighted by Gasteiger charge is 2.38. The Morgan fingerprint density at radius 1 is 1.21 bits per heavy atom. The first-order valence-electron chi connectivity index (χ1n) is 8.38. The quantitative estimate of drug-likeness (QED) is 0.792. The van der Waals surface area contributed by atoms with Gasteiger partial charge in [-0.2, -0.15) is 0 Å². The Hall–Kier alpha value is -1.92. The molecule has 3 rings (SSSR count). The number of amides is 1. The molecule has 1 aromatic rings. The highest BCUT2D eigenvalue weighted by Crippen LogP contribution is 2.43. The Kier molecular flexibility index (Phi) is 5.48. The molecular formula is C18H23NO5. The SMILES string of the molecule is O=C(COC(=O)[C@H]1COCCO1)NCC1(c2ccccc2)CCC1. The molecule has 1 amide bonds. The largest absolute Gasteiger partial charge is 0.454 e. The third-order valence-electron chi connectivity index (χ3n) is 4.75. The standard InChI is InChI=1S/C18H23NO5/c20-16(12-24-17(21)15-11-22-9-10-23-15)19-13-18(7-4-8-18)14-5-2-1-3-6-14/h1-3,5-6,15H,4,7-13H2,(H,19,20)/t15-/m1/s1. The number of esters is 1. The molecule has 1 aliphatic heterocycles. The first kappa shape index (κ1) is 16.9. The van der Waals surface area contributed by atoms with Crippen molar-refractivity contribution >= 4 is 11.9 Å². The smallest absolute Gasteiger partial charge is 0.338 e. The van der Waals surface area contributed by atoms with Crippen LogP contribution in [0.2, 0.25) is 0 Å². The fourth-order valence-electron chi connectivity index (χ4n) is 3.14. The van der Waals surface area contributed by atoms with E-state index in [1.165, 1.54) is 12.0 Å². The summed E-state index contributed by atoms with van der Waals surface area (Å²) in [6.45, 7) is 1.30. The van der Waals surface area contributed by atoms with Gasteiger partial charge < -0.3 is 19.5 Å². The van der Waals surface area contributed by atoms with E-state index in [1.807, 2.05) is 18.2 Å². The van der Waals surface area contributed by atoms with Crippen molar-refractivity contribution in [3.63, 3.8) is 0 Å². The molecule has 1 atom stereocenters. The van der Waals surface area contributed by atoms with Crippen LogP contribution in [0.4, 0.5) is 0 Å². The highest BCUT2D eigenvalue weighted by atomic mass is 16.6. The van der Waals surface area contributed by atoms with E-state index in [0.29, 0.717) is 19.8 Å². The van der Waals surface area contributed by atoms with E-state index in [1.54, 1.807) is 0 Å². The van der Waals surface area contributed by atoms with Gasteiger partial charge in [-0.3, -0.25) is 4.79 Å². The van der Waals surface area contributed by atoms with E-state index in [2.05, 4.69) is 17.4 Å². The summed E-state index contributed by atoms with van der Waals surface area (Å²) >= 11 is 0. The van der Waals surface area contributed by atoms with E-state index in [9.17, 15) is 9.59 Å². The predicted octanol–water partition coefficient (Wildman–Crippen LogP) is 1.18. The van der Waals surface area contributed by atoms with E-state index in [-0.39, 0.29) is 24.5 Å². The van der Waals surface area contributed by atoms with Crippen molar-refractivity contribution in [2.45, 2.75) is 30.8 Å². The van der Waals surface area contributed by atoms with Crippen LogP contribution in [0.3, 0.4) is 0 Å². The number of nitrogens with one attached hydrogen (secondary N) is 1. The van der Waals surface area contributed by atoms with Crippen LogP contribution in [-0.4, -0.2) is 51.0 Å². The second kappa shape index (κ2) is 7.77. The van der Waals surface area contributed by atoms with Crippen molar-refractivity contribution in [1.29, 1.82) is 0 Å². The minimum absolute atomic E-state index is 0.0151. The van der Waals surface area contributed by atoms with Gasteiger partial charge in [0.1, 0.15) is 0 Å². The maximum absolute atomic E-state index is 12.0. The van der Waals surface area contributed by atoms with Crippen molar-refractivity contribution in [3.05, 3.63) is 35.9 Å². The summed E-state index contributed by atoms with van der Waals surface area (Å²) in [6.07, 6.45) is 2.56. The Bertz CT molecular complexity index is 564. The molecule has 24 heavy (non-hydrogen) atoms. The normalized spacial score (nSPS) is 22.2. The van der Waals surface area contributed by atoms with Gasteiger partial charge in [0.05, 0.1) is 19.8 Å². The zero-order valence-corrected chi connectivity index (χ0v) is 13.7. The Morgan fingerprint density at radius 3 is 2.62 bits per heavy atom. The summed E-state index contributed by atoms with van der Waals surface area (Å²) in [5, 5.41) is 2.89. The molecule has 6 heteroatoms. The van der Waals surface area contributed by atoms with Gasteiger partial charge >= 0.3 is 5.97 Å². The number of carbonyl (C=O) groups is 2. The Morgan fingerprint density at radius 2 is 2.00 bits per heavy atom. The molecule has 0 radical (unpaired) electrons. The molecule has 0 aromatic heterocycles. The van der Waals surface area contributed by atoms with Gasteiger partial charge in [-0.1, -0.05) is 36.8 Å². The maximum Gasteiger partial charge on any atom is 0.338 e. The average molecular weight is 333 g/mol. The molecule has 1 heterocycles. The Balaban J connectivity index is 1.44. The number of rotatable bonds is 6. The number of hydrogen-bond acceptors (Lipinski definition) is 5. The minimum atomic E-state index is -0.728. The number of hydrogen-bond donors (Lipinski definition) is 1. The third kappa shape index (κ3) is 3.94. The van der Waals surface area contributed by atoms with Gasteiger partial charge in [-0.25, -0.2) is 4.79 Å². The van der Waals surface area contributed by atoms with Gasteiger partial charge in [0, 0.05) is 12.0 Å². The van der Waals surface area contributed by atoms with Crippen LogP contribution >= 0.6 is 0 Å². The molecule has 0 unspecified atom stereocenters. The summed E-state index contributed by atoms with van der Waals surface area (Å²) in [7, 11) is 0. The van der Waals surface area contributed by atoms with Gasteiger partial charge in [0.15, 0.2) is 12.7 Å².